The van der Waals surface area contributed by atoms with Crippen molar-refractivity contribution in [2.45, 2.75) is 85.5 Å². The molecule has 0 radical (unpaired) electrons. The molecule has 10 heteroatoms. The number of carbonyl (C=O) groups is 3. The Kier molecular flexibility index (Phi) is 11.6. The van der Waals surface area contributed by atoms with E-state index in [2.05, 4.69) is 66.0 Å². The number of carbonyl (C=O) groups excluding carboxylic acids is 2. The van der Waals surface area contributed by atoms with Crippen molar-refractivity contribution in [2.24, 2.45) is 18.4 Å². The predicted octanol–water partition coefficient (Wildman–Crippen LogP) is 4.53. The van der Waals surface area contributed by atoms with E-state index in [1.807, 2.05) is 55.5 Å². The monoisotopic (exact) mass is 681 g/mol. The van der Waals surface area contributed by atoms with Crippen LogP contribution in [0.4, 0.5) is 0 Å². The molecule has 2 rings (SSSR count). The van der Waals surface area contributed by atoms with Gasteiger partial charge in [0.15, 0.2) is 0 Å². The van der Waals surface area contributed by atoms with Crippen LogP contribution in [0.3, 0.4) is 0 Å². The number of carboxylic acid groups (broad SMARTS) is 1. The van der Waals surface area contributed by atoms with Crippen molar-refractivity contribution in [1.82, 2.24) is 23.6 Å². The summed E-state index contributed by atoms with van der Waals surface area (Å²) in [6, 6.07) is 4.44. The molecule has 0 fully saturated rings. The molecule has 4 N–H and O–H groups in total. The SMILES string of the molecule is CNC(C(=O)N[C@H](C(=O)N(C)[C@H](/C=C(\C)C(=O)O)C(C)C)C(C)(C)C)C(C)(C)c1cn(C)c2ccc(CNI)cc12. The van der Waals surface area contributed by atoms with E-state index >= 15 is 0 Å². The highest BCUT2D eigenvalue weighted by molar-refractivity contribution is 14.1. The summed E-state index contributed by atoms with van der Waals surface area (Å²) in [7, 11) is 5.43. The van der Waals surface area contributed by atoms with Crippen molar-refractivity contribution in [1.29, 1.82) is 0 Å². The van der Waals surface area contributed by atoms with Gasteiger partial charge in [-0.25, -0.2) is 4.79 Å². The highest BCUT2D eigenvalue weighted by Crippen LogP contribution is 2.35. The number of amides is 2. The number of rotatable bonds is 12. The third-order valence-electron chi connectivity index (χ3n) is 7.93. The fourth-order valence-corrected chi connectivity index (χ4v) is 5.86. The summed E-state index contributed by atoms with van der Waals surface area (Å²) in [6.07, 6.45) is 3.68. The summed E-state index contributed by atoms with van der Waals surface area (Å²) in [4.78, 5) is 41.0. The van der Waals surface area contributed by atoms with Crippen LogP contribution in [0.1, 0.15) is 66.5 Å². The molecule has 0 aliphatic heterocycles. The van der Waals surface area contributed by atoms with Crippen LogP contribution in [-0.2, 0) is 33.4 Å². The van der Waals surface area contributed by atoms with E-state index < -0.39 is 34.9 Å². The molecule has 0 bridgehead atoms. The highest BCUT2D eigenvalue weighted by atomic mass is 127. The number of fused-ring (bicyclic) bond motifs is 1. The molecule has 2 aromatic rings. The quantitative estimate of drug-likeness (QED) is 0.149. The van der Waals surface area contributed by atoms with Crippen LogP contribution in [0.5, 0.6) is 0 Å². The van der Waals surface area contributed by atoms with Gasteiger partial charge in [0.25, 0.3) is 0 Å². The molecule has 0 spiro atoms. The summed E-state index contributed by atoms with van der Waals surface area (Å²) in [5.41, 5.74) is 2.20. The standard InChI is InChI=1S/C31H48IN5O4/c1-18(2)24(14-19(3)29(40)41)37(11)28(39)26(30(4,5)6)35-27(38)25(33-9)31(7,8)22-17-36(10)23-13-12-20(16-34-32)15-21(22)23/h12-15,17-18,24-26,33-34H,16H2,1-11H3,(H,35,38)(H,40,41)/b19-14+/t24-,25?,26-/m1/s1. The number of nitrogens with one attached hydrogen (secondary N) is 3. The molecule has 0 saturated heterocycles. The Bertz CT molecular complexity index is 1290. The van der Waals surface area contributed by atoms with Gasteiger partial charge in [-0.3, -0.25) is 13.1 Å². The zero-order valence-electron chi connectivity index (χ0n) is 26.3. The van der Waals surface area contributed by atoms with Crippen LogP contribution in [0.15, 0.2) is 36.0 Å². The van der Waals surface area contributed by atoms with Crippen LogP contribution in [0.25, 0.3) is 10.9 Å². The first-order chi connectivity index (χ1) is 18.9. The normalized spacial score (nSPS) is 15.1. The van der Waals surface area contributed by atoms with Gasteiger partial charge < -0.3 is 25.2 Å². The van der Waals surface area contributed by atoms with Gasteiger partial charge in [0.1, 0.15) is 6.04 Å². The molecular weight excluding hydrogens is 633 g/mol. The second-order valence-electron chi connectivity index (χ2n) is 12.9. The number of benzene rings is 1. The van der Waals surface area contributed by atoms with E-state index in [0.717, 1.165) is 28.6 Å². The Hall–Kier alpha value is -2.44. The summed E-state index contributed by atoms with van der Waals surface area (Å²) < 4.78 is 5.25. The second-order valence-corrected chi connectivity index (χ2v) is 13.7. The second kappa shape index (κ2) is 13.7. The van der Waals surface area contributed by atoms with Gasteiger partial charge in [-0.1, -0.05) is 60.6 Å². The number of aliphatic carboxylic acids is 1. The minimum absolute atomic E-state index is 0.0304. The number of hydrogen-bond donors (Lipinski definition) is 4. The predicted molar refractivity (Wildman–Crippen MR) is 174 cm³/mol. The Balaban J connectivity index is 2.48. The van der Waals surface area contributed by atoms with Crippen molar-refractivity contribution in [2.75, 3.05) is 14.1 Å². The number of carboxylic acids is 1. The van der Waals surface area contributed by atoms with E-state index in [0.29, 0.717) is 0 Å². The molecule has 41 heavy (non-hydrogen) atoms. The fraction of sp³-hybridized carbons (Fsp3) is 0.581. The lowest BCUT2D eigenvalue weighted by Gasteiger charge is -2.39. The molecular formula is C31H48IN5O4. The maximum atomic E-state index is 14.0. The van der Waals surface area contributed by atoms with Crippen molar-refractivity contribution in [3.63, 3.8) is 0 Å². The minimum atomic E-state index is -1.03. The molecule has 1 aromatic heterocycles. The van der Waals surface area contributed by atoms with Gasteiger partial charge in [-0.05, 0) is 48.6 Å². The Labute approximate surface area is 259 Å². The smallest absolute Gasteiger partial charge is 0.331 e. The number of hydrogen-bond acceptors (Lipinski definition) is 5. The lowest BCUT2D eigenvalue weighted by Crippen LogP contribution is -2.61. The molecule has 3 atom stereocenters. The fourth-order valence-electron chi connectivity index (χ4n) is 5.42. The first-order valence-electron chi connectivity index (χ1n) is 14.0. The van der Waals surface area contributed by atoms with Crippen LogP contribution < -0.4 is 14.2 Å². The van der Waals surface area contributed by atoms with E-state index in [1.54, 1.807) is 25.1 Å². The Morgan fingerprint density at radius 2 is 1.73 bits per heavy atom. The Morgan fingerprint density at radius 1 is 1.12 bits per heavy atom. The number of likely N-dealkylation sites (N-methyl/N-ethyl adjacent to an activating group) is 2. The molecule has 1 heterocycles. The number of halogens is 1. The molecule has 228 valence electrons. The molecule has 0 aliphatic carbocycles. The van der Waals surface area contributed by atoms with Crippen molar-refractivity contribution in [3.8, 4) is 0 Å². The molecule has 0 saturated carbocycles. The average Bonchev–Trinajstić information content (AvgIpc) is 3.20. The van der Waals surface area contributed by atoms with Crippen molar-refractivity contribution in [3.05, 3.63) is 47.2 Å². The van der Waals surface area contributed by atoms with Gasteiger partial charge in [0, 0.05) is 71.6 Å². The number of aryl methyl sites for hydroxylation is 1. The third-order valence-corrected chi connectivity index (χ3v) is 8.31. The minimum Gasteiger partial charge on any atom is -0.478 e. The van der Waals surface area contributed by atoms with Gasteiger partial charge in [0.05, 0.1) is 12.1 Å². The summed E-state index contributed by atoms with van der Waals surface area (Å²) >= 11 is 2.13. The van der Waals surface area contributed by atoms with Crippen LogP contribution >= 0.6 is 22.9 Å². The molecule has 2 amide bonds. The first-order valence-corrected chi connectivity index (χ1v) is 15.0. The number of aromatic nitrogens is 1. The largest absolute Gasteiger partial charge is 0.478 e. The average molecular weight is 682 g/mol. The maximum absolute atomic E-state index is 14.0. The maximum Gasteiger partial charge on any atom is 0.331 e. The molecule has 9 nitrogen and oxygen atoms in total. The highest BCUT2D eigenvalue weighted by Gasteiger charge is 2.42. The van der Waals surface area contributed by atoms with Gasteiger partial charge in [-0.15, -0.1) is 0 Å². The molecule has 1 unspecified atom stereocenters. The van der Waals surface area contributed by atoms with Gasteiger partial charge >= 0.3 is 5.97 Å². The van der Waals surface area contributed by atoms with E-state index in [1.165, 1.54) is 6.92 Å². The van der Waals surface area contributed by atoms with Gasteiger partial charge in [0.2, 0.25) is 11.8 Å². The number of nitrogens with zero attached hydrogens (tertiary/aromatic N) is 2. The zero-order chi connectivity index (χ0) is 31.4. The Morgan fingerprint density at radius 3 is 2.22 bits per heavy atom. The van der Waals surface area contributed by atoms with Crippen LogP contribution in [0.2, 0.25) is 0 Å². The van der Waals surface area contributed by atoms with E-state index in [9.17, 15) is 19.5 Å². The lowest BCUT2D eigenvalue weighted by molar-refractivity contribution is -0.141. The van der Waals surface area contributed by atoms with Gasteiger partial charge in [-0.2, -0.15) is 0 Å². The zero-order valence-corrected chi connectivity index (χ0v) is 28.5. The van der Waals surface area contributed by atoms with E-state index in [4.69, 9.17) is 0 Å². The van der Waals surface area contributed by atoms with Crippen LogP contribution in [0, 0.1) is 11.3 Å². The molecule has 1 aromatic carbocycles. The summed E-state index contributed by atoms with van der Waals surface area (Å²) in [6.45, 7) is 16.0. The first kappa shape index (κ1) is 34.8. The summed E-state index contributed by atoms with van der Waals surface area (Å²) in [5, 5.41) is 16.8. The topological polar surface area (TPSA) is 116 Å². The van der Waals surface area contributed by atoms with E-state index in [-0.39, 0.29) is 23.3 Å². The summed E-state index contributed by atoms with van der Waals surface area (Å²) in [5.74, 6) is -1.60. The lowest BCUT2D eigenvalue weighted by atomic mass is 9.76. The van der Waals surface area contributed by atoms with Crippen molar-refractivity contribution < 1.29 is 19.5 Å². The van der Waals surface area contributed by atoms with Crippen LogP contribution in [-0.4, -0.2) is 64.6 Å². The third kappa shape index (κ3) is 7.90. The molecule has 0 aliphatic rings. The van der Waals surface area contributed by atoms with Crippen molar-refractivity contribution >= 4 is 51.6 Å².